The van der Waals surface area contributed by atoms with Gasteiger partial charge >= 0.3 is 0 Å². The summed E-state index contributed by atoms with van der Waals surface area (Å²) < 4.78 is 11.8. The van der Waals surface area contributed by atoms with Gasteiger partial charge in [-0.3, -0.25) is 4.90 Å². The Hall–Kier alpha value is -0.120. The lowest BCUT2D eigenvalue weighted by molar-refractivity contribution is -0.258. The van der Waals surface area contributed by atoms with E-state index in [0.717, 1.165) is 32.6 Å². The van der Waals surface area contributed by atoms with E-state index >= 15 is 0 Å². The van der Waals surface area contributed by atoms with Gasteiger partial charge in [0.2, 0.25) is 0 Å². The fraction of sp³-hybridized carbons (Fsp3) is 1.00. The van der Waals surface area contributed by atoms with Crippen molar-refractivity contribution in [1.82, 2.24) is 4.90 Å². The first kappa shape index (κ1) is 12.3. The molecule has 2 aliphatic rings. The van der Waals surface area contributed by atoms with E-state index in [0.29, 0.717) is 18.0 Å². The van der Waals surface area contributed by atoms with Crippen molar-refractivity contribution in [2.75, 3.05) is 19.8 Å². The molecule has 1 spiro atoms. The first-order valence-corrected chi connectivity index (χ1v) is 6.58. The quantitative estimate of drug-likeness (QED) is 0.722. The van der Waals surface area contributed by atoms with Crippen LogP contribution in [-0.4, -0.2) is 42.5 Å². The van der Waals surface area contributed by atoms with Gasteiger partial charge in [-0.15, -0.1) is 0 Å². The summed E-state index contributed by atoms with van der Waals surface area (Å²) in [5, 5.41) is 0. The molecule has 2 saturated heterocycles. The summed E-state index contributed by atoms with van der Waals surface area (Å²) in [5.41, 5.74) is 0. The molecule has 3 nitrogen and oxygen atoms in total. The zero-order valence-electron chi connectivity index (χ0n) is 11.0. The van der Waals surface area contributed by atoms with E-state index in [4.69, 9.17) is 9.47 Å². The molecular formula is C13H25NO2. The van der Waals surface area contributed by atoms with Crippen molar-refractivity contribution in [2.45, 2.75) is 58.4 Å². The Morgan fingerprint density at radius 1 is 1.12 bits per heavy atom. The van der Waals surface area contributed by atoms with E-state index in [2.05, 4.69) is 32.6 Å². The molecule has 3 heteroatoms. The smallest absolute Gasteiger partial charge is 0.182 e. The van der Waals surface area contributed by atoms with E-state index in [1.807, 2.05) is 0 Å². The Balaban J connectivity index is 2.10. The lowest BCUT2D eigenvalue weighted by Gasteiger charge is -2.34. The van der Waals surface area contributed by atoms with Crippen molar-refractivity contribution in [3.05, 3.63) is 0 Å². The first-order chi connectivity index (χ1) is 7.54. The van der Waals surface area contributed by atoms with Crippen molar-refractivity contribution in [3.8, 4) is 0 Å². The van der Waals surface area contributed by atoms with E-state index in [-0.39, 0.29) is 5.79 Å². The normalized spacial score (nSPS) is 30.8. The molecule has 0 amide bonds. The van der Waals surface area contributed by atoms with Crippen LogP contribution in [0.4, 0.5) is 0 Å². The average Bonchev–Trinajstić information content (AvgIpc) is 2.59. The lowest BCUT2D eigenvalue weighted by atomic mass is 9.99. The highest BCUT2D eigenvalue weighted by Crippen LogP contribution is 2.37. The summed E-state index contributed by atoms with van der Waals surface area (Å²) in [6.45, 7) is 11.8. The van der Waals surface area contributed by atoms with Gasteiger partial charge in [0.1, 0.15) is 0 Å². The number of rotatable bonds is 2. The van der Waals surface area contributed by atoms with Gasteiger partial charge in [-0.05, 0) is 26.2 Å². The van der Waals surface area contributed by atoms with Gasteiger partial charge in [0, 0.05) is 18.5 Å². The number of hydrogen-bond acceptors (Lipinski definition) is 3. The minimum Gasteiger partial charge on any atom is -0.349 e. The predicted octanol–water partition coefficient (Wildman–Crippen LogP) is 2.26. The molecule has 0 radical (unpaired) electrons. The highest BCUT2D eigenvalue weighted by molar-refractivity contribution is 4.95. The Morgan fingerprint density at radius 3 is 2.19 bits per heavy atom. The molecule has 16 heavy (non-hydrogen) atoms. The van der Waals surface area contributed by atoms with Crippen LogP contribution in [0, 0.1) is 5.92 Å². The van der Waals surface area contributed by atoms with Gasteiger partial charge in [-0.25, -0.2) is 0 Å². The van der Waals surface area contributed by atoms with E-state index in [1.165, 1.54) is 0 Å². The van der Waals surface area contributed by atoms with Gasteiger partial charge in [0.05, 0.1) is 19.8 Å². The highest BCUT2D eigenvalue weighted by atomic mass is 16.7. The fourth-order valence-corrected chi connectivity index (χ4v) is 2.91. The third-order valence-electron chi connectivity index (χ3n) is 3.82. The standard InChI is InChI=1S/C13H25NO2/c1-10(2)12-8-13(9-14(12)11(3)4)15-6-5-7-16-13/h10-12H,5-9H2,1-4H3. The van der Waals surface area contributed by atoms with Crippen molar-refractivity contribution in [1.29, 1.82) is 0 Å². The Kier molecular flexibility index (Phi) is 3.57. The maximum Gasteiger partial charge on any atom is 0.182 e. The van der Waals surface area contributed by atoms with Crippen LogP contribution in [0.2, 0.25) is 0 Å². The third kappa shape index (κ3) is 2.27. The molecule has 0 N–H and O–H groups in total. The van der Waals surface area contributed by atoms with Crippen LogP contribution in [0.3, 0.4) is 0 Å². The lowest BCUT2D eigenvalue weighted by Crippen LogP contribution is -2.44. The van der Waals surface area contributed by atoms with Gasteiger partial charge in [-0.1, -0.05) is 13.8 Å². The van der Waals surface area contributed by atoms with Crippen molar-refractivity contribution >= 4 is 0 Å². The molecule has 0 aliphatic carbocycles. The van der Waals surface area contributed by atoms with Crippen LogP contribution in [0.25, 0.3) is 0 Å². The second kappa shape index (κ2) is 4.63. The predicted molar refractivity (Wildman–Crippen MR) is 64.3 cm³/mol. The fourth-order valence-electron chi connectivity index (χ4n) is 2.91. The minimum atomic E-state index is -0.294. The van der Waals surface area contributed by atoms with E-state index in [9.17, 15) is 0 Å². The summed E-state index contributed by atoms with van der Waals surface area (Å²) in [7, 11) is 0. The SMILES string of the molecule is CC(C)C1CC2(CN1C(C)C)OCCCO2. The monoisotopic (exact) mass is 227 g/mol. The molecule has 1 atom stereocenters. The van der Waals surface area contributed by atoms with Crippen LogP contribution in [-0.2, 0) is 9.47 Å². The number of likely N-dealkylation sites (tertiary alicyclic amines) is 1. The molecule has 2 rings (SSSR count). The van der Waals surface area contributed by atoms with Crippen LogP contribution < -0.4 is 0 Å². The van der Waals surface area contributed by atoms with E-state index < -0.39 is 0 Å². The van der Waals surface area contributed by atoms with Crippen LogP contribution in [0.1, 0.15) is 40.5 Å². The molecular weight excluding hydrogens is 202 g/mol. The van der Waals surface area contributed by atoms with Crippen LogP contribution >= 0.6 is 0 Å². The number of ether oxygens (including phenoxy) is 2. The van der Waals surface area contributed by atoms with Crippen LogP contribution in [0.5, 0.6) is 0 Å². The summed E-state index contributed by atoms with van der Waals surface area (Å²) in [6, 6.07) is 1.17. The highest BCUT2D eigenvalue weighted by Gasteiger charge is 2.48. The average molecular weight is 227 g/mol. The van der Waals surface area contributed by atoms with Gasteiger partial charge in [0.25, 0.3) is 0 Å². The molecule has 1 unspecified atom stereocenters. The Morgan fingerprint density at radius 2 is 1.75 bits per heavy atom. The van der Waals surface area contributed by atoms with Crippen molar-refractivity contribution < 1.29 is 9.47 Å². The number of hydrogen-bond donors (Lipinski definition) is 0. The topological polar surface area (TPSA) is 21.7 Å². The molecule has 2 heterocycles. The van der Waals surface area contributed by atoms with Gasteiger partial charge in [-0.2, -0.15) is 0 Å². The van der Waals surface area contributed by atoms with Crippen molar-refractivity contribution in [3.63, 3.8) is 0 Å². The molecule has 0 saturated carbocycles. The molecule has 0 aromatic rings. The molecule has 2 aliphatic heterocycles. The summed E-state index contributed by atoms with van der Waals surface area (Å²) in [6.07, 6.45) is 2.07. The minimum absolute atomic E-state index is 0.294. The largest absolute Gasteiger partial charge is 0.349 e. The summed E-state index contributed by atoms with van der Waals surface area (Å²) in [5.74, 6) is 0.369. The maximum absolute atomic E-state index is 5.92. The zero-order chi connectivity index (χ0) is 11.8. The second-order valence-corrected chi connectivity index (χ2v) is 5.74. The Bertz CT molecular complexity index is 216. The summed E-state index contributed by atoms with van der Waals surface area (Å²) >= 11 is 0. The van der Waals surface area contributed by atoms with Crippen molar-refractivity contribution in [2.24, 2.45) is 5.92 Å². The molecule has 0 aromatic heterocycles. The molecule has 2 fully saturated rings. The second-order valence-electron chi connectivity index (χ2n) is 5.74. The third-order valence-corrected chi connectivity index (χ3v) is 3.82. The molecule has 94 valence electrons. The van der Waals surface area contributed by atoms with Gasteiger partial charge in [0.15, 0.2) is 5.79 Å². The first-order valence-electron chi connectivity index (χ1n) is 6.58. The zero-order valence-corrected chi connectivity index (χ0v) is 11.0. The van der Waals surface area contributed by atoms with Crippen LogP contribution in [0.15, 0.2) is 0 Å². The molecule has 0 bridgehead atoms. The molecule has 0 aromatic carbocycles. The van der Waals surface area contributed by atoms with Gasteiger partial charge < -0.3 is 9.47 Å². The van der Waals surface area contributed by atoms with E-state index in [1.54, 1.807) is 0 Å². The maximum atomic E-state index is 5.92. The summed E-state index contributed by atoms with van der Waals surface area (Å²) in [4.78, 5) is 2.54. The number of nitrogens with zero attached hydrogens (tertiary/aromatic N) is 1. The Labute approximate surface area is 99.1 Å².